The number of hydrogen-bond donors (Lipinski definition) is 5. The monoisotopic (exact) mass is 537 g/mol. The molecule has 2 fully saturated rings. The van der Waals surface area contributed by atoms with Gasteiger partial charge in [-0.1, -0.05) is 51.3 Å². The Labute approximate surface area is 228 Å². The van der Waals surface area contributed by atoms with Gasteiger partial charge in [0.1, 0.15) is 17.6 Å². The number of H-pyrrole nitrogens is 1. The molecule has 10 heteroatoms. The molecule has 39 heavy (non-hydrogen) atoms. The van der Waals surface area contributed by atoms with E-state index in [1.807, 2.05) is 38.1 Å². The fraction of sp³-hybridized carbons (Fsp3) is 0.586. The molecule has 4 amide bonds. The number of aromatic amines is 1. The molecule has 6 N–H and O–H groups in total. The second-order valence-corrected chi connectivity index (χ2v) is 11.7. The first-order valence-corrected chi connectivity index (χ1v) is 14.2. The summed E-state index contributed by atoms with van der Waals surface area (Å²) in [6, 6.07) is 6.05. The van der Waals surface area contributed by atoms with Crippen molar-refractivity contribution in [1.29, 1.82) is 0 Å². The van der Waals surface area contributed by atoms with Crippen molar-refractivity contribution in [3.8, 4) is 0 Å². The van der Waals surface area contributed by atoms with Gasteiger partial charge in [-0.25, -0.2) is 4.79 Å². The summed E-state index contributed by atoms with van der Waals surface area (Å²) in [5.74, 6) is -1.41. The van der Waals surface area contributed by atoms with E-state index >= 15 is 0 Å². The molecule has 3 aliphatic rings. The van der Waals surface area contributed by atoms with Crippen molar-refractivity contribution in [2.45, 2.75) is 95.3 Å². The molecular weight excluding hydrogens is 498 g/mol. The van der Waals surface area contributed by atoms with Gasteiger partial charge in [0.2, 0.25) is 17.7 Å². The van der Waals surface area contributed by atoms with Gasteiger partial charge in [0.25, 0.3) is 0 Å². The number of rotatable bonds is 7. The summed E-state index contributed by atoms with van der Waals surface area (Å²) in [5.41, 5.74) is 7.47. The number of nitrogens with one attached hydrogen (secondary N) is 3. The summed E-state index contributed by atoms with van der Waals surface area (Å²) in [4.78, 5) is 57.9. The number of carboxylic acid groups (broad SMARTS) is 1. The van der Waals surface area contributed by atoms with E-state index in [2.05, 4.69) is 15.6 Å². The Morgan fingerprint density at radius 3 is 2.67 bits per heavy atom. The van der Waals surface area contributed by atoms with Crippen LogP contribution in [0.1, 0.15) is 70.1 Å². The van der Waals surface area contributed by atoms with E-state index in [9.17, 15) is 24.3 Å². The number of benzene rings is 1. The molecule has 210 valence electrons. The highest BCUT2D eigenvalue weighted by Gasteiger charge is 2.54. The van der Waals surface area contributed by atoms with Crippen molar-refractivity contribution < 1.29 is 24.3 Å². The summed E-state index contributed by atoms with van der Waals surface area (Å²) in [7, 11) is 0. The lowest BCUT2D eigenvalue weighted by atomic mass is 9.77. The quantitative estimate of drug-likeness (QED) is 0.367. The van der Waals surface area contributed by atoms with E-state index in [4.69, 9.17) is 5.73 Å². The van der Waals surface area contributed by atoms with Gasteiger partial charge in [0.15, 0.2) is 0 Å². The third kappa shape index (κ3) is 4.85. The molecule has 2 aliphatic carbocycles. The van der Waals surface area contributed by atoms with Crippen molar-refractivity contribution in [3.63, 3.8) is 0 Å². The third-order valence-corrected chi connectivity index (χ3v) is 9.38. The Morgan fingerprint density at radius 2 is 1.95 bits per heavy atom. The van der Waals surface area contributed by atoms with E-state index in [1.165, 1.54) is 0 Å². The first-order chi connectivity index (χ1) is 18.6. The molecule has 2 unspecified atom stereocenters. The number of amides is 4. The number of nitrogens with two attached hydrogens (primary N) is 1. The van der Waals surface area contributed by atoms with E-state index in [-0.39, 0.29) is 30.2 Å². The first-order valence-electron chi connectivity index (χ1n) is 14.2. The van der Waals surface area contributed by atoms with Crippen LogP contribution in [0.4, 0.5) is 4.79 Å². The van der Waals surface area contributed by atoms with E-state index in [0.717, 1.165) is 47.8 Å². The second-order valence-electron chi connectivity index (χ2n) is 11.7. The molecule has 2 heterocycles. The number of carbonyl (C=O) groups excluding carboxylic acids is 3. The smallest absolute Gasteiger partial charge is 0.405 e. The van der Waals surface area contributed by atoms with Crippen molar-refractivity contribution in [1.82, 2.24) is 20.5 Å². The van der Waals surface area contributed by atoms with E-state index < -0.39 is 35.5 Å². The summed E-state index contributed by atoms with van der Waals surface area (Å²) in [6.45, 7) is 3.70. The van der Waals surface area contributed by atoms with Crippen LogP contribution in [0.5, 0.6) is 0 Å². The highest BCUT2D eigenvalue weighted by Crippen LogP contribution is 2.43. The van der Waals surface area contributed by atoms with Crippen molar-refractivity contribution in [2.24, 2.45) is 17.6 Å². The molecule has 0 bridgehead atoms. The lowest BCUT2D eigenvalue weighted by molar-refractivity contribution is -0.149. The van der Waals surface area contributed by atoms with Crippen molar-refractivity contribution in [3.05, 3.63) is 35.5 Å². The SMILES string of the molecule is CC[C@H](C)[C@H](NC(=O)O)C(=O)N[C@]1(C(=O)N2C3CCCCC3C[C@H]2C(N)=O)CCc2[nH]c3ccccc3c2C1. The minimum Gasteiger partial charge on any atom is -0.465 e. The number of nitrogens with zero attached hydrogens (tertiary/aromatic N) is 1. The highest BCUT2D eigenvalue weighted by molar-refractivity contribution is 5.98. The van der Waals surface area contributed by atoms with Gasteiger partial charge in [-0.15, -0.1) is 0 Å². The Balaban J connectivity index is 1.57. The molecule has 1 aromatic heterocycles. The molecule has 1 aromatic carbocycles. The van der Waals surface area contributed by atoms with Gasteiger partial charge in [-0.3, -0.25) is 14.4 Å². The van der Waals surface area contributed by atoms with E-state index in [0.29, 0.717) is 25.7 Å². The summed E-state index contributed by atoms with van der Waals surface area (Å²) >= 11 is 0. The van der Waals surface area contributed by atoms with Crippen LogP contribution < -0.4 is 16.4 Å². The largest absolute Gasteiger partial charge is 0.465 e. The average molecular weight is 538 g/mol. The molecule has 10 nitrogen and oxygen atoms in total. The lowest BCUT2D eigenvalue weighted by Gasteiger charge is -2.44. The first kappa shape index (κ1) is 27.0. The van der Waals surface area contributed by atoms with Crippen LogP contribution in [-0.2, 0) is 27.2 Å². The predicted molar refractivity (Wildman–Crippen MR) is 146 cm³/mol. The average Bonchev–Trinajstić information content (AvgIpc) is 3.49. The number of hydrogen-bond acceptors (Lipinski definition) is 4. The number of fused-ring (bicyclic) bond motifs is 4. The molecule has 5 rings (SSSR count). The van der Waals surface area contributed by atoms with Gasteiger partial charge >= 0.3 is 6.09 Å². The Bertz CT molecular complexity index is 1290. The van der Waals surface area contributed by atoms with Crippen LogP contribution in [0.2, 0.25) is 0 Å². The van der Waals surface area contributed by atoms with Gasteiger partial charge < -0.3 is 31.4 Å². The molecule has 0 spiro atoms. The highest BCUT2D eigenvalue weighted by atomic mass is 16.4. The van der Waals surface area contributed by atoms with Crippen LogP contribution in [0.25, 0.3) is 10.9 Å². The van der Waals surface area contributed by atoms with Gasteiger partial charge in [-0.2, -0.15) is 0 Å². The standard InChI is InChI=1S/C29H39N5O5/c1-3-16(2)24(32-28(38)39)26(36)33-29(13-12-21-19(15-29)18-9-5-6-10-20(18)31-21)27(37)34-22-11-7-4-8-17(22)14-23(34)25(30)35/h5-6,9-10,16-17,22-24,31-32H,3-4,7-8,11-15H2,1-2H3,(H2,30,35)(H,33,36)(H,38,39)/t16-,17?,22?,23-,24-,29+/m0/s1. The number of primary amides is 1. The summed E-state index contributed by atoms with van der Waals surface area (Å²) in [6.07, 6.45) is 4.72. The molecule has 1 saturated heterocycles. The topological polar surface area (TPSA) is 158 Å². The molecule has 2 aromatic rings. The minimum absolute atomic E-state index is 0.0931. The molecule has 1 saturated carbocycles. The molecule has 0 radical (unpaired) electrons. The maximum Gasteiger partial charge on any atom is 0.405 e. The molecule has 6 atom stereocenters. The number of carbonyl (C=O) groups is 4. The zero-order valence-corrected chi connectivity index (χ0v) is 22.7. The minimum atomic E-state index is -1.33. The van der Waals surface area contributed by atoms with Crippen LogP contribution in [0, 0.1) is 11.8 Å². The van der Waals surface area contributed by atoms with Crippen LogP contribution in [-0.4, -0.2) is 62.5 Å². The maximum absolute atomic E-state index is 14.7. The van der Waals surface area contributed by atoms with Gasteiger partial charge in [-0.05, 0) is 55.6 Å². The Morgan fingerprint density at radius 1 is 1.21 bits per heavy atom. The van der Waals surface area contributed by atoms with Crippen LogP contribution >= 0.6 is 0 Å². The number of likely N-dealkylation sites (tertiary alicyclic amines) is 1. The fourth-order valence-electron chi connectivity index (χ4n) is 7.14. The number of aryl methyl sites for hydroxylation is 1. The van der Waals surface area contributed by atoms with Crippen LogP contribution in [0.15, 0.2) is 24.3 Å². The zero-order chi connectivity index (χ0) is 27.9. The summed E-state index contributed by atoms with van der Waals surface area (Å²) < 4.78 is 0. The molecule has 1 aliphatic heterocycles. The summed E-state index contributed by atoms with van der Waals surface area (Å²) in [5, 5.41) is 15.9. The van der Waals surface area contributed by atoms with Gasteiger partial charge in [0, 0.05) is 29.1 Å². The van der Waals surface area contributed by atoms with Crippen molar-refractivity contribution in [2.75, 3.05) is 0 Å². The second kappa shape index (κ2) is 10.5. The van der Waals surface area contributed by atoms with Crippen molar-refractivity contribution >= 4 is 34.7 Å². The maximum atomic E-state index is 14.7. The van der Waals surface area contributed by atoms with E-state index in [1.54, 1.807) is 4.90 Å². The lowest BCUT2D eigenvalue weighted by Crippen LogP contribution is -2.67. The molecular formula is C29H39N5O5. The Hall–Kier alpha value is -3.56. The predicted octanol–water partition coefficient (Wildman–Crippen LogP) is 2.84. The number of aromatic nitrogens is 1. The normalized spacial score (nSPS) is 27.7. The third-order valence-electron chi connectivity index (χ3n) is 9.38. The number of para-hydroxylation sites is 1. The Kier molecular flexibility index (Phi) is 7.31. The van der Waals surface area contributed by atoms with Crippen LogP contribution in [0.3, 0.4) is 0 Å². The fourth-order valence-corrected chi connectivity index (χ4v) is 7.14. The zero-order valence-electron chi connectivity index (χ0n) is 22.7. The van der Waals surface area contributed by atoms with Gasteiger partial charge in [0.05, 0.1) is 0 Å².